The predicted molar refractivity (Wildman–Crippen MR) is 105 cm³/mol. The van der Waals surface area contributed by atoms with Gasteiger partial charge in [0.2, 0.25) is 10.0 Å². The number of nitrogens with zero attached hydrogens (tertiary/aromatic N) is 1. The summed E-state index contributed by atoms with van der Waals surface area (Å²) in [5.41, 5.74) is 0.668. The number of amides is 1. The molecule has 0 heterocycles. The Hall–Kier alpha value is -1.64. The minimum absolute atomic E-state index is 0.117. The fraction of sp³-hybridized carbons (Fsp3) is 0.632. The highest BCUT2D eigenvalue weighted by Gasteiger charge is 2.22. The first-order valence-electron chi connectivity index (χ1n) is 9.34. The van der Waals surface area contributed by atoms with Gasteiger partial charge in [-0.25, -0.2) is 8.42 Å². The molecule has 0 bridgehead atoms. The van der Waals surface area contributed by atoms with Crippen LogP contribution < -0.4 is 10.1 Å². The molecule has 0 aliphatic carbocycles. The van der Waals surface area contributed by atoms with E-state index in [1.54, 1.807) is 32.9 Å². The Morgan fingerprint density at radius 1 is 1.22 bits per heavy atom. The Morgan fingerprint density at radius 2 is 1.89 bits per heavy atom. The van der Waals surface area contributed by atoms with Gasteiger partial charge in [0.25, 0.3) is 5.91 Å². The quantitative estimate of drug-likeness (QED) is 0.544. The van der Waals surface area contributed by atoms with Crippen LogP contribution >= 0.6 is 0 Å². The van der Waals surface area contributed by atoms with Crippen molar-refractivity contribution < 1.29 is 22.7 Å². The highest BCUT2D eigenvalue weighted by molar-refractivity contribution is 7.89. The van der Waals surface area contributed by atoms with Crippen LogP contribution in [0.2, 0.25) is 0 Å². The van der Waals surface area contributed by atoms with Crippen LogP contribution in [-0.4, -0.2) is 57.6 Å². The molecule has 0 radical (unpaired) electrons. The third-order valence-electron chi connectivity index (χ3n) is 3.94. The molecular weight excluding hydrogens is 368 g/mol. The summed E-state index contributed by atoms with van der Waals surface area (Å²) in [7, 11) is -3.51. The number of rotatable bonds is 12. The minimum Gasteiger partial charge on any atom is -0.484 e. The number of carbonyl (C=O) groups excluding carboxylic acids is 1. The molecule has 0 atom stereocenters. The Morgan fingerprint density at radius 3 is 2.44 bits per heavy atom. The van der Waals surface area contributed by atoms with Crippen LogP contribution in [0.1, 0.15) is 39.7 Å². The van der Waals surface area contributed by atoms with Crippen molar-refractivity contribution in [2.45, 2.75) is 52.0 Å². The van der Waals surface area contributed by atoms with E-state index in [9.17, 15) is 13.2 Å². The average Bonchev–Trinajstić information content (AvgIpc) is 2.60. The van der Waals surface area contributed by atoms with Crippen LogP contribution in [0.15, 0.2) is 23.1 Å². The van der Waals surface area contributed by atoms with E-state index in [4.69, 9.17) is 9.47 Å². The van der Waals surface area contributed by atoms with Gasteiger partial charge < -0.3 is 14.8 Å². The summed E-state index contributed by atoms with van der Waals surface area (Å²) in [6.45, 7) is 11.1. The molecule has 0 aromatic heterocycles. The zero-order chi connectivity index (χ0) is 20.4. The SMILES string of the molecule is CCN(CC)S(=O)(=O)c1ccc(OCC(=O)NCCCOC(C)C)c(C)c1. The molecule has 8 heteroatoms. The van der Waals surface area contributed by atoms with Crippen LogP contribution in [0.5, 0.6) is 5.75 Å². The van der Waals surface area contributed by atoms with Crippen LogP contribution in [-0.2, 0) is 19.6 Å². The number of carbonyl (C=O) groups is 1. The molecule has 0 aliphatic heterocycles. The second-order valence-corrected chi connectivity index (χ2v) is 8.37. The summed E-state index contributed by atoms with van der Waals surface area (Å²) in [5, 5.41) is 2.77. The molecule has 1 aromatic carbocycles. The standard InChI is InChI=1S/C19H32N2O5S/c1-6-21(7-2)27(23,24)17-9-10-18(16(5)13-17)26-14-19(22)20-11-8-12-25-15(3)4/h9-10,13,15H,6-8,11-12,14H2,1-5H3,(H,20,22). The fourth-order valence-electron chi connectivity index (χ4n) is 2.47. The number of nitrogens with one attached hydrogen (secondary N) is 1. The predicted octanol–water partition coefficient (Wildman–Crippen LogP) is 2.34. The Bertz CT molecular complexity index is 700. The van der Waals surface area contributed by atoms with Crippen molar-refractivity contribution in [3.63, 3.8) is 0 Å². The van der Waals surface area contributed by atoms with Gasteiger partial charge in [-0.3, -0.25) is 4.79 Å². The Kier molecular flexibility index (Phi) is 9.76. The molecule has 0 aliphatic rings. The second-order valence-electron chi connectivity index (χ2n) is 6.43. The van der Waals surface area contributed by atoms with Crippen LogP contribution in [0.4, 0.5) is 0 Å². The first kappa shape index (κ1) is 23.4. The highest BCUT2D eigenvalue weighted by Crippen LogP contribution is 2.24. The van der Waals surface area contributed by atoms with Crippen molar-refractivity contribution in [1.82, 2.24) is 9.62 Å². The zero-order valence-corrected chi connectivity index (χ0v) is 17.8. The summed E-state index contributed by atoms with van der Waals surface area (Å²) in [6, 6.07) is 4.68. The lowest BCUT2D eigenvalue weighted by molar-refractivity contribution is -0.123. The van der Waals surface area contributed by atoms with Gasteiger partial charge in [-0.05, 0) is 51.0 Å². The Labute approximate surface area is 163 Å². The van der Waals surface area contributed by atoms with Crippen molar-refractivity contribution in [1.29, 1.82) is 0 Å². The third kappa shape index (κ3) is 7.48. The molecule has 0 saturated carbocycles. The molecule has 0 fully saturated rings. The molecule has 1 N–H and O–H groups in total. The van der Waals surface area contributed by atoms with Crippen molar-refractivity contribution in [3.8, 4) is 5.75 Å². The number of benzene rings is 1. The van der Waals surface area contributed by atoms with Gasteiger partial charge in [0.05, 0.1) is 11.0 Å². The van der Waals surface area contributed by atoms with Gasteiger partial charge in [0, 0.05) is 26.2 Å². The van der Waals surface area contributed by atoms with Crippen LogP contribution in [0, 0.1) is 6.92 Å². The van der Waals surface area contributed by atoms with Gasteiger partial charge in [-0.15, -0.1) is 0 Å². The highest BCUT2D eigenvalue weighted by atomic mass is 32.2. The molecule has 7 nitrogen and oxygen atoms in total. The van der Waals surface area contributed by atoms with E-state index in [2.05, 4.69) is 5.32 Å². The zero-order valence-electron chi connectivity index (χ0n) is 16.9. The number of hydrogen-bond donors (Lipinski definition) is 1. The summed E-state index contributed by atoms with van der Waals surface area (Å²) >= 11 is 0. The van der Waals surface area contributed by atoms with E-state index < -0.39 is 10.0 Å². The smallest absolute Gasteiger partial charge is 0.257 e. The lowest BCUT2D eigenvalue weighted by atomic mass is 10.2. The first-order chi connectivity index (χ1) is 12.7. The molecule has 1 aromatic rings. The number of hydrogen-bond acceptors (Lipinski definition) is 5. The summed E-state index contributed by atoms with van der Waals surface area (Å²) in [5.74, 6) is 0.269. The summed E-state index contributed by atoms with van der Waals surface area (Å²) in [6.07, 6.45) is 0.918. The fourth-order valence-corrected chi connectivity index (χ4v) is 4.01. The molecule has 0 saturated heterocycles. The van der Waals surface area contributed by atoms with E-state index in [-0.39, 0.29) is 23.5 Å². The Balaban J connectivity index is 2.57. The number of aryl methyl sites for hydroxylation is 1. The van der Waals surface area contributed by atoms with E-state index in [0.29, 0.717) is 37.6 Å². The maximum atomic E-state index is 12.5. The lowest BCUT2D eigenvalue weighted by Gasteiger charge is -2.19. The van der Waals surface area contributed by atoms with Gasteiger partial charge in [-0.1, -0.05) is 13.8 Å². The van der Waals surface area contributed by atoms with Gasteiger partial charge >= 0.3 is 0 Å². The van der Waals surface area contributed by atoms with E-state index in [0.717, 1.165) is 6.42 Å². The van der Waals surface area contributed by atoms with Crippen molar-refractivity contribution in [3.05, 3.63) is 23.8 Å². The normalized spacial score (nSPS) is 11.8. The maximum Gasteiger partial charge on any atom is 0.257 e. The second kappa shape index (κ2) is 11.3. The largest absolute Gasteiger partial charge is 0.484 e. The van der Waals surface area contributed by atoms with Crippen molar-refractivity contribution in [2.24, 2.45) is 0 Å². The van der Waals surface area contributed by atoms with E-state index in [1.165, 1.54) is 10.4 Å². The molecule has 27 heavy (non-hydrogen) atoms. The molecule has 0 spiro atoms. The van der Waals surface area contributed by atoms with E-state index >= 15 is 0 Å². The number of ether oxygens (including phenoxy) is 2. The third-order valence-corrected chi connectivity index (χ3v) is 5.99. The molecule has 154 valence electrons. The van der Waals surface area contributed by atoms with Gasteiger partial charge in [-0.2, -0.15) is 4.31 Å². The lowest BCUT2D eigenvalue weighted by Crippen LogP contribution is -2.31. The summed E-state index contributed by atoms with van der Waals surface area (Å²) < 4.78 is 37.4. The van der Waals surface area contributed by atoms with Crippen LogP contribution in [0.3, 0.4) is 0 Å². The molecule has 1 rings (SSSR count). The van der Waals surface area contributed by atoms with Crippen molar-refractivity contribution in [2.75, 3.05) is 32.8 Å². The van der Waals surface area contributed by atoms with Crippen LogP contribution in [0.25, 0.3) is 0 Å². The topological polar surface area (TPSA) is 84.9 Å². The summed E-state index contributed by atoms with van der Waals surface area (Å²) in [4.78, 5) is 12.1. The molecular formula is C19H32N2O5S. The van der Waals surface area contributed by atoms with Gasteiger partial charge in [0.1, 0.15) is 5.75 Å². The average molecular weight is 401 g/mol. The maximum absolute atomic E-state index is 12.5. The number of sulfonamides is 1. The van der Waals surface area contributed by atoms with Gasteiger partial charge in [0.15, 0.2) is 6.61 Å². The first-order valence-corrected chi connectivity index (χ1v) is 10.8. The minimum atomic E-state index is -3.51. The molecule has 0 unspecified atom stereocenters. The van der Waals surface area contributed by atoms with Crippen molar-refractivity contribution >= 4 is 15.9 Å². The molecule has 1 amide bonds. The van der Waals surface area contributed by atoms with E-state index in [1.807, 2.05) is 13.8 Å². The monoisotopic (exact) mass is 400 g/mol.